The summed E-state index contributed by atoms with van der Waals surface area (Å²) in [4.78, 5) is 10.2. The Labute approximate surface area is 259 Å². The van der Waals surface area contributed by atoms with Gasteiger partial charge in [-0.1, -0.05) is 127 Å². The third-order valence-electron chi connectivity index (χ3n) is 8.82. The van der Waals surface area contributed by atoms with Crippen LogP contribution in [0.2, 0.25) is 0 Å². The lowest BCUT2D eigenvalue weighted by Gasteiger charge is -2.20. The molecule has 0 saturated carbocycles. The van der Waals surface area contributed by atoms with Crippen molar-refractivity contribution in [3.8, 4) is 11.1 Å². The largest absolute Gasteiger partial charge is 0.309 e. The number of aromatic nitrogens is 3. The maximum Gasteiger partial charge on any atom is 0.171 e. The number of benzene rings is 6. The third kappa shape index (κ3) is 3.96. The van der Waals surface area contributed by atoms with Crippen LogP contribution in [0.1, 0.15) is 0 Å². The maximum absolute atomic E-state index is 14.9. The molecule has 0 bridgehead atoms. The van der Waals surface area contributed by atoms with E-state index in [0.717, 1.165) is 76.4 Å². The Kier molecular flexibility index (Phi) is 5.74. The van der Waals surface area contributed by atoms with Gasteiger partial charge in [0.25, 0.3) is 0 Å². The highest BCUT2D eigenvalue weighted by Crippen LogP contribution is 2.43. The van der Waals surface area contributed by atoms with E-state index in [1.165, 1.54) is 0 Å². The Morgan fingerprint density at radius 3 is 1.80 bits per heavy atom. The summed E-state index contributed by atoms with van der Waals surface area (Å²) in [6, 6.07) is 53.1. The summed E-state index contributed by atoms with van der Waals surface area (Å²) in [6.07, 6.45) is 0. The molecule has 45 heavy (non-hydrogen) atoms. The molecule has 0 saturated heterocycles. The maximum atomic E-state index is 14.9. The van der Waals surface area contributed by atoms with Gasteiger partial charge in [0.2, 0.25) is 0 Å². The fourth-order valence-corrected chi connectivity index (χ4v) is 9.27. The summed E-state index contributed by atoms with van der Waals surface area (Å²) in [6.45, 7) is 0. The fourth-order valence-electron chi connectivity index (χ4n) is 6.63. The number of hydrogen-bond donors (Lipinski definition) is 0. The van der Waals surface area contributed by atoms with Crippen molar-refractivity contribution in [3.05, 3.63) is 158 Å². The summed E-state index contributed by atoms with van der Waals surface area (Å²) < 4.78 is 17.1. The molecule has 5 heteroatoms. The molecule has 9 aromatic rings. The summed E-state index contributed by atoms with van der Waals surface area (Å²) in [5.41, 5.74) is 8.00. The minimum absolute atomic E-state index is 0.814. The number of fused-ring (bicyclic) bond motifs is 9. The Hall–Kier alpha value is -5.57. The number of pyridine rings is 2. The van der Waals surface area contributed by atoms with Gasteiger partial charge >= 0.3 is 0 Å². The highest BCUT2D eigenvalue weighted by Gasteiger charge is 2.29. The highest BCUT2D eigenvalue weighted by atomic mass is 31.2. The van der Waals surface area contributed by atoms with Gasteiger partial charge in [0, 0.05) is 32.1 Å². The molecule has 0 fully saturated rings. The second kappa shape index (κ2) is 9.99. The molecule has 9 rings (SSSR count). The first-order chi connectivity index (χ1) is 22.2. The summed E-state index contributed by atoms with van der Waals surface area (Å²) in [7, 11) is -3.05. The molecule has 0 aliphatic rings. The molecule has 0 amide bonds. The number of hydrogen-bond acceptors (Lipinski definition) is 3. The van der Waals surface area contributed by atoms with Crippen molar-refractivity contribution in [3.63, 3.8) is 0 Å². The number of rotatable bonds is 4. The Morgan fingerprint density at radius 2 is 1.07 bits per heavy atom. The van der Waals surface area contributed by atoms with Gasteiger partial charge in [-0.05, 0) is 41.5 Å². The van der Waals surface area contributed by atoms with E-state index in [-0.39, 0.29) is 0 Å². The van der Waals surface area contributed by atoms with E-state index in [1.807, 2.05) is 91.0 Å². The topological polar surface area (TPSA) is 47.3 Å². The Bertz CT molecular complexity index is 2570. The molecule has 3 heterocycles. The first-order valence-electron chi connectivity index (χ1n) is 15.0. The van der Waals surface area contributed by atoms with Crippen LogP contribution in [0.15, 0.2) is 158 Å². The molecule has 0 radical (unpaired) electrons. The summed E-state index contributed by atoms with van der Waals surface area (Å²) >= 11 is 0. The molecular weight excluding hydrogens is 569 g/mol. The van der Waals surface area contributed by atoms with Crippen LogP contribution in [0.5, 0.6) is 0 Å². The van der Waals surface area contributed by atoms with Crippen LogP contribution < -0.4 is 15.9 Å². The van der Waals surface area contributed by atoms with Crippen molar-refractivity contribution in [2.45, 2.75) is 0 Å². The molecular formula is C40H26N3OP. The van der Waals surface area contributed by atoms with Gasteiger partial charge in [0.05, 0.1) is 27.6 Å². The zero-order valence-electron chi connectivity index (χ0n) is 24.2. The predicted molar refractivity (Wildman–Crippen MR) is 188 cm³/mol. The molecule has 0 spiro atoms. The lowest BCUT2D eigenvalue weighted by Crippen LogP contribution is -2.24. The van der Waals surface area contributed by atoms with Gasteiger partial charge < -0.3 is 4.57 Å². The van der Waals surface area contributed by atoms with E-state index in [1.54, 1.807) is 0 Å². The number of para-hydroxylation sites is 3. The number of imidazole rings is 1. The number of nitrogens with zero attached hydrogens (tertiary/aromatic N) is 3. The smallest absolute Gasteiger partial charge is 0.171 e. The normalized spacial score (nSPS) is 12.1. The molecule has 0 unspecified atom stereocenters. The van der Waals surface area contributed by atoms with Crippen LogP contribution in [0, 0.1) is 0 Å². The molecule has 0 atom stereocenters. The third-order valence-corrected chi connectivity index (χ3v) is 11.9. The van der Waals surface area contributed by atoms with Gasteiger partial charge in [-0.2, -0.15) is 0 Å². The van der Waals surface area contributed by atoms with E-state index in [2.05, 4.69) is 71.1 Å². The molecule has 212 valence electrons. The SMILES string of the molecule is O=P(c1ccccc1)(c1ccccc1)c1ccc(-c2ccc3c4nc5ccccc5cc4c4nc5ccccc5n4c3c2)cc1. The van der Waals surface area contributed by atoms with Crippen molar-refractivity contribution < 1.29 is 4.57 Å². The molecule has 6 aromatic carbocycles. The molecule has 3 aromatic heterocycles. The quantitative estimate of drug-likeness (QED) is 0.116. The average molecular weight is 596 g/mol. The minimum atomic E-state index is -3.05. The standard InChI is InChI=1S/C40H26N3OP/c44-45(30-12-3-1-4-13-30,31-14-5-2-6-15-31)32-22-19-27(20-23-32)28-21-24-33-38(26-28)43-37-18-10-9-17-36(37)42-40(43)34-25-29-11-7-8-16-35(29)41-39(33)34/h1-26H. The van der Waals surface area contributed by atoms with Crippen LogP contribution in [0.25, 0.3) is 60.5 Å². The van der Waals surface area contributed by atoms with Crippen molar-refractivity contribution in [2.75, 3.05) is 0 Å². The van der Waals surface area contributed by atoms with Gasteiger partial charge in [-0.25, -0.2) is 9.97 Å². The molecule has 0 aliphatic heterocycles. The van der Waals surface area contributed by atoms with Crippen molar-refractivity contribution in [1.82, 2.24) is 14.4 Å². The molecule has 0 aliphatic carbocycles. The fraction of sp³-hybridized carbons (Fsp3) is 0. The van der Waals surface area contributed by atoms with E-state index in [0.29, 0.717) is 0 Å². The van der Waals surface area contributed by atoms with Gasteiger partial charge in [-0.15, -0.1) is 0 Å². The first-order valence-corrected chi connectivity index (χ1v) is 16.7. The van der Waals surface area contributed by atoms with E-state index in [4.69, 9.17) is 9.97 Å². The van der Waals surface area contributed by atoms with Gasteiger partial charge in [0.1, 0.15) is 5.65 Å². The Balaban J connectivity index is 1.26. The van der Waals surface area contributed by atoms with Crippen molar-refractivity contribution in [1.29, 1.82) is 0 Å². The second-order valence-electron chi connectivity index (χ2n) is 11.4. The minimum Gasteiger partial charge on any atom is -0.309 e. The van der Waals surface area contributed by atoms with Crippen LogP contribution in [0.3, 0.4) is 0 Å². The van der Waals surface area contributed by atoms with E-state index < -0.39 is 7.14 Å². The van der Waals surface area contributed by atoms with E-state index in [9.17, 15) is 4.57 Å². The van der Waals surface area contributed by atoms with E-state index >= 15 is 0 Å². The summed E-state index contributed by atoms with van der Waals surface area (Å²) in [5, 5.41) is 5.68. The van der Waals surface area contributed by atoms with Crippen LogP contribution >= 0.6 is 7.14 Å². The predicted octanol–water partition coefficient (Wildman–Crippen LogP) is 8.65. The lowest BCUT2D eigenvalue weighted by molar-refractivity contribution is 0.592. The Morgan fingerprint density at radius 1 is 0.467 bits per heavy atom. The summed E-state index contributed by atoms with van der Waals surface area (Å²) in [5.74, 6) is 0. The van der Waals surface area contributed by atoms with Crippen LogP contribution in [-0.4, -0.2) is 14.4 Å². The van der Waals surface area contributed by atoms with Crippen LogP contribution in [-0.2, 0) is 4.57 Å². The first kappa shape index (κ1) is 25.9. The molecule has 0 N–H and O–H groups in total. The molecule has 4 nitrogen and oxygen atoms in total. The zero-order valence-corrected chi connectivity index (χ0v) is 25.1. The second-order valence-corrected chi connectivity index (χ2v) is 14.2. The van der Waals surface area contributed by atoms with Gasteiger partial charge in [-0.3, -0.25) is 4.40 Å². The van der Waals surface area contributed by atoms with Crippen molar-refractivity contribution >= 4 is 72.4 Å². The van der Waals surface area contributed by atoms with Crippen LogP contribution in [0.4, 0.5) is 0 Å². The van der Waals surface area contributed by atoms with Crippen molar-refractivity contribution in [2.24, 2.45) is 0 Å². The lowest BCUT2D eigenvalue weighted by atomic mass is 10.0. The average Bonchev–Trinajstić information content (AvgIpc) is 3.51. The zero-order chi connectivity index (χ0) is 30.0. The monoisotopic (exact) mass is 595 g/mol. The highest BCUT2D eigenvalue weighted by molar-refractivity contribution is 7.85. The van der Waals surface area contributed by atoms with Gasteiger partial charge in [0.15, 0.2) is 7.14 Å².